The predicted molar refractivity (Wildman–Crippen MR) is 229 cm³/mol. The highest BCUT2D eigenvalue weighted by atomic mass is 16.3. The minimum absolute atomic E-state index is 0.827. The van der Waals surface area contributed by atoms with Crippen molar-refractivity contribution in [2.24, 2.45) is 0 Å². The van der Waals surface area contributed by atoms with Gasteiger partial charge in [-0.05, 0) is 75.2 Å². The smallest absolute Gasteiger partial charge is 0.159 e. The van der Waals surface area contributed by atoms with Gasteiger partial charge in [-0.2, -0.15) is 0 Å². The molecule has 11 rings (SSSR count). The van der Waals surface area contributed by atoms with Gasteiger partial charge in [0.15, 0.2) is 5.58 Å². The maximum Gasteiger partial charge on any atom is 0.159 e. The van der Waals surface area contributed by atoms with E-state index in [9.17, 15) is 0 Å². The highest BCUT2D eigenvalue weighted by Crippen LogP contribution is 2.48. The van der Waals surface area contributed by atoms with E-state index in [2.05, 4.69) is 193 Å². The van der Waals surface area contributed by atoms with Crippen LogP contribution in [0.25, 0.3) is 88.0 Å². The summed E-state index contributed by atoms with van der Waals surface area (Å²) >= 11 is 0. The summed E-state index contributed by atoms with van der Waals surface area (Å²) in [7, 11) is 0. The first-order valence-corrected chi connectivity index (χ1v) is 18.7. The van der Waals surface area contributed by atoms with E-state index in [-0.39, 0.29) is 0 Å². The molecule has 0 radical (unpaired) electrons. The SMILES string of the molecule is c1ccc(-c2ccc(-c3ccc(N(c4ccc(-c5ccccc5)cc4)c4cccc5c4oc4c5c5ccccc5c5oc6ccccc6c54)cc3)cc2)cc1. The number of anilines is 3. The zero-order valence-electron chi connectivity index (χ0n) is 29.8. The van der Waals surface area contributed by atoms with Crippen molar-refractivity contribution in [2.75, 3.05) is 4.90 Å². The van der Waals surface area contributed by atoms with Crippen LogP contribution in [0.2, 0.25) is 0 Å². The van der Waals surface area contributed by atoms with Gasteiger partial charge in [-0.3, -0.25) is 0 Å². The fourth-order valence-corrected chi connectivity index (χ4v) is 8.23. The molecule has 0 N–H and O–H groups in total. The molecule has 3 heteroatoms. The molecule has 0 fully saturated rings. The molecule has 0 amide bonds. The van der Waals surface area contributed by atoms with Crippen LogP contribution in [0.1, 0.15) is 0 Å². The van der Waals surface area contributed by atoms with Gasteiger partial charge in [0.1, 0.15) is 16.7 Å². The molecule has 0 saturated heterocycles. The van der Waals surface area contributed by atoms with E-state index in [1.54, 1.807) is 0 Å². The normalized spacial score (nSPS) is 11.6. The number of hydrogen-bond donors (Lipinski definition) is 0. The molecule has 2 heterocycles. The molecule has 0 bridgehead atoms. The Balaban J connectivity index is 1.10. The van der Waals surface area contributed by atoms with Gasteiger partial charge in [-0.1, -0.05) is 164 Å². The lowest BCUT2D eigenvalue weighted by Gasteiger charge is -2.26. The lowest BCUT2D eigenvalue weighted by atomic mass is 9.99. The number of hydrogen-bond acceptors (Lipinski definition) is 3. The topological polar surface area (TPSA) is 29.5 Å². The highest BCUT2D eigenvalue weighted by molar-refractivity contribution is 6.34. The van der Waals surface area contributed by atoms with Crippen molar-refractivity contribution in [3.8, 4) is 33.4 Å². The number of furan rings is 2. The molecule has 0 aliphatic rings. The van der Waals surface area contributed by atoms with Crippen molar-refractivity contribution < 1.29 is 8.83 Å². The van der Waals surface area contributed by atoms with Crippen molar-refractivity contribution >= 4 is 71.7 Å². The Hall–Kier alpha value is -7.36. The molecule has 0 aliphatic heterocycles. The van der Waals surface area contributed by atoms with Crippen molar-refractivity contribution in [3.05, 3.63) is 200 Å². The van der Waals surface area contributed by atoms with Crippen LogP contribution in [0.4, 0.5) is 17.1 Å². The first-order chi connectivity index (χ1) is 27.3. The Morgan fingerprint density at radius 2 is 0.727 bits per heavy atom. The Kier molecular flexibility index (Phi) is 7.17. The molecule has 55 heavy (non-hydrogen) atoms. The first kappa shape index (κ1) is 31.2. The Labute approximate surface area is 317 Å². The lowest BCUT2D eigenvalue weighted by Crippen LogP contribution is -2.10. The molecule has 258 valence electrons. The Bertz CT molecular complexity index is 3160. The second-order valence-corrected chi connectivity index (χ2v) is 14.0. The molecule has 0 atom stereocenters. The summed E-state index contributed by atoms with van der Waals surface area (Å²) in [6, 6.07) is 70.8. The average Bonchev–Trinajstić information content (AvgIpc) is 3.85. The van der Waals surface area contributed by atoms with Crippen LogP contribution in [-0.2, 0) is 0 Å². The molecule has 3 nitrogen and oxygen atoms in total. The molecule has 9 aromatic carbocycles. The average molecular weight is 704 g/mol. The van der Waals surface area contributed by atoms with Crippen LogP contribution >= 0.6 is 0 Å². The minimum atomic E-state index is 0.827. The van der Waals surface area contributed by atoms with E-state index in [0.717, 1.165) is 77.3 Å². The van der Waals surface area contributed by atoms with Gasteiger partial charge in [-0.25, -0.2) is 0 Å². The summed E-state index contributed by atoms with van der Waals surface area (Å²) in [6.07, 6.45) is 0. The standard InChI is InChI=1S/C52H33NO2/c1-3-12-34(13-4-1)36-22-24-37(25-23-36)39-28-32-41(33-29-39)53(40-30-26-38(27-31-40)35-14-5-2-6-15-35)46-20-11-19-45-48-42-16-7-8-17-43(42)51-49(52(48)55-50(45)46)44-18-9-10-21-47(44)54-51/h1-33H. The number of nitrogens with zero attached hydrogens (tertiary/aromatic N) is 1. The molecule has 2 aromatic heterocycles. The van der Waals surface area contributed by atoms with Gasteiger partial charge >= 0.3 is 0 Å². The van der Waals surface area contributed by atoms with Crippen LogP contribution in [0, 0.1) is 0 Å². The molecular formula is C52H33NO2. The van der Waals surface area contributed by atoms with Crippen LogP contribution < -0.4 is 4.90 Å². The Morgan fingerprint density at radius 1 is 0.273 bits per heavy atom. The van der Waals surface area contributed by atoms with Crippen molar-refractivity contribution in [1.29, 1.82) is 0 Å². The van der Waals surface area contributed by atoms with E-state index in [1.165, 1.54) is 27.8 Å². The van der Waals surface area contributed by atoms with Crippen LogP contribution in [0.15, 0.2) is 209 Å². The molecule has 0 aliphatic carbocycles. The minimum Gasteiger partial charge on any atom is -0.455 e. The number of benzene rings is 9. The van der Waals surface area contributed by atoms with Crippen LogP contribution in [0.3, 0.4) is 0 Å². The summed E-state index contributed by atoms with van der Waals surface area (Å²) in [4.78, 5) is 2.31. The summed E-state index contributed by atoms with van der Waals surface area (Å²) in [5.74, 6) is 0. The van der Waals surface area contributed by atoms with Crippen molar-refractivity contribution in [3.63, 3.8) is 0 Å². The third-order valence-electron chi connectivity index (χ3n) is 10.9. The van der Waals surface area contributed by atoms with E-state index in [1.807, 2.05) is 12.1 Å². The molecule has 11 aromatic rings. The fraction of sp³-hybridized carbons (Fsp3) is 0. The van der Waals surface area contributed by atoms with Gasteiger partial charge in [-0.15, -0.1) is 0 Å². The zero-order chi connectivity index (χ0) is 36.3. The van der Waals surface area contributed by atoms with Gasteiger partial charge in [0.05, 0.1) is 11.1 Å². The maximum absolute atomic E-state index is 7.13. The second-order valence-electron chi connectivity index (χ2n) is 14.0. The lowest BCUT2D eigenvalue weighted by molar-refractivity contribution is 0.665. The molecule has 0 unspecified atom stereocenters. The molecule has 0 saturated carbocycles. The summed E-state index contributed by atoms with van der Waals surface area (Å²) in [5.41, 5.74) is 13.5. The highest BCUT2D eigenvalue weighted by Gasteiger charge is 2.24. The van der Waals surface area contributed by atoms with E-state index in [0.29, 0.717) is 0 Å². The van der Waals surface area contributed by atoms with Crippen molar-refractivity contribution in [1.82, 2.24) is 0 Å². The number of fused-ring (bicyclic) bond motifs is 10. The van der Waals surface area contributed by atoms with Gasteiger partial charge < -0.3 is 13.7 Å². The quantitative estimate of drug-likeness (QED) is 0.173. The van der Waals surface area contributed by atoms with Crippen LogP contribution in [-0.4, -0.2) is 0 Å². The molecular weight excluding hydrogens is 671 g/mol. The second kappa shape index (κ2) is 12.6. The van der Waals surface area contributed by atoms with Crippen molar-refractivity contribution in [2.45, 2.75) is 0 Å². The van der Waals surface area contributed by atoms with Gasteiger partial charge in [0.25, 0.3) is 0 Å². The maximum atomic E-state index is 7.13. The number of rotatable bonds is 6. The zero-order valence-corrected chi connectivity index (χ0v) is 29.8. The van der Waals surface area contributed by atoms with Gasteiger partial charge in [0, 0.05) is 32.9 Å². The van der Waals surface area contributed by atoms with E-state index >= 15 is 0 Å². The number of para-hydroxylation sites is 2. The van der Waals surface area contributed by atoms with E-state index < -0.39 is 0 Å². The van der Waals surface area contributed by atoms with Crippen LogP contribution in [0.5, 0.6) is 0 Å². The Morgan fingerprint density at radius 3 is 1.31 bits per heavy atom. The predicted octanol–water partition coefficient (Wildman–Crippen LogP) is 15.1. The third kappa shape index (κ3) is 5.13. The first-order valence-electron chi connectivity index (χ1n) is 18.7. The van der Waals surface area contributed by atoms with E-state index in [4.69, 9.17) is 8.83 Å². The fourth-order valence-electron chi connectivity index (χ4n) is 8.23. The third-order valence-corrected chi connectivity index (χ3v) is 10.9. The van der Waals surface area contributed by atoms with Gasteiger partial charge in [0.2, 0.25) is 0 Å². The summed E-state index contributed by atoms with van der Waals surface area (Å²) in [6.45, 7) is 0. The molecule has 0 spiro atoms. The monoisotopic (exact) mass is 703 g/mol. The summed E-state index contributed by atoms with van der Waals surface area (Å²) in [5, 5.41) is 6.41. The summed E-state index contributed by atoms with van der Waals surface area (Å²) < 4.78 is 13.7. The largest absolute Gasteiger partial charge is 0.455 e.